The second kappa shape index (κ2) is 6.95. The van der Waals surface area contributed by atoms with Crippen molar-refractivity contribution in [2.75, 3.05) is 10.0 Å². The average molecular weight is 378 g/mol. The number of carbonyl (C=O) groups is 1. The molecule has 0 aliphatic rings. The van der Waals surface area contributed by atoms with Crippen LogP contribution in [0.1, 0.15) is 10.4 Å². The molecule has 0 fully saturated rings. The first-order valence-electron chi connectivity index (χ1n) is 6.90. The number of rotatable bonds is 5. The number of halogens is 1. The van der Waals surface area contributed by atoms with E-state index in [-0.39, 0.29) is 16.1 Å². The van der Waals surface area contributed by atoms with Crippen molar-refractivity contribution in [3.05, 3.63) is 65.4 Å². The number of hydrogen-bond donors (Lipinski definition) is 2. The number of sulfonamides is 1. The normalized spacial score (nSPS) is 11.1. The summed E-state index contributed by atoms with van der Waals surface area (Å²) in [6, 6.07) is 10.3. The van der Waals surface area contributed by atoms with Crippen LogP contribution in [-0.4, -0.2) is 24.5 Å². The first-order chi connectivity index (χ1) is 11.9. The maximum atomic E-state index is 12.9. The molecule has 3 aromatic rings. The van der Waals surface area contributed by atoms with Crippen LogP contribution < -0.4 is 10.0 Å². The smallest absolute Gasteiger partial charge is 0.261 e. The fourth-order valence-corrected chi connectivity index (χ4v) is 3.41. The predicted octanol–water partition coefficient (Wildman–Crippen LogP) is 2.73. The van der Waals surface area contributed by atoms with Crippen molar-refractivity contribution < 1.29 is 17.6 Å². The molecular formula is C15H11FN4O3S2. The van der Waals surface area contributed by atoms with Crippen molar-refractivity contribution in [3.63, 3.8) is 0 Å². The highest BCUT2D eigenvalue weighted by molar-refractivity contribution is 7.92. The summed E-state index contributed by atoms with van der Waals surface area (Å²) in [4.78, 5) is 12.0. The molecular weight excluding hydrogens is 367 g/mol. The van der Waals surface area contributed by atoms with Crippen molar-refractivity contribution >= 4 is 38.1 Å². The SMILES string of the molecule is O=C(Nc1nncs1)c1ccc(S(=O)(=O)Nc2ccc(F)cc2)cc1. The van der Waals surface area contributed by atoms with Gasteiger partial charge in [0.1, 0.15) is 11.3 Å². The minimum atomic E-state index is -3.84. The lowest BCUT2D eigenvalue weighted by Crippen LogP contribution is -2.14. The number of anilines is 2. The minimum Gasteiger partial charge on any atom is -0.296 e. The minimum absolute atomic E-state index is 0.0238. The van der Waals surface area contributed by atoms with Gasteiger partial charge < -0.3 is 0 Å². The Morgan fingerprint density at radius 1 is 1.04 bits per heavy atom. The molecule has 0 atom stereocenters. The van der Waals surface area contributed by atoms with E-state index in [0.29, 0.717) is 5.13 Å². The Hall–Kier alpha value is -2.85. The second-order valence-corrected chi connectivity index (χ2v) is 7.35. The van der Waals surface area contributed by atoms with Gasteiger partial charge in [0, 0.05) is 11.3 Å². The third-order valence-corrected chi connectivity index (χ3v) is 5.11. The molecule has 0 saturated carbocycles. The molecule has 0 spiro atoms. The van der Waals surface area contributed by atoms with Crippen molar-refractivity contribution in [1.82, 2.24) is 10.2 Å². The van der Waals surface area contributed by atoms with Crippen molar-refractivity contribution in [2.24, 2.45) is 0 Å². The first-order valence-corrected chi connectivity index (χ1v) is 9.26. The molecule has 25 heavy (non-hydrogen) atoms. The summed E-state index contributed by atoms with van der Waals surface area (Å²) < 4.78 is 39.8. The third kappa shape index (κ3) is 4.17. The molecule has 3 rings (SSSR count). The topological polar surface area (TPSA) is 101 Å². The van der Waals surface area contributed by atoms with Gasteiger partial charge in [-0.05, 0) is 48.5 Å². The van der Waals surface area contributed by atoms with E-state index in [1.54, 1.807) is 0 Å². The zero-order chi connectivity index (χ0) is 17.9. The summed E-state index contributed by atoms with van der Waals surface area (Å²) in [5, 5.41) is 10.2. The molecule has 1 heterocycles. The van der Waals surface area contributed by atoms with Gasteiger partial charge in [-0.1, -0.05) is 11.3 Å². The van der Waals surface area contributed by atoms with Gasteiger partial charge in [-0.3, -0.25) is 14.8 Å². The van der Waals surface area contributed by atoms with E-state index in [2.05, 4.69) is 20.2 Å². The third-order valence-electron chi connectivity index (χ3n) is 3.10. The highest BCUT2D eigenvalue weighted by Crippen LogP contribution is 2.18. The Morgan fingerprint density at radius 2 is 1.72 bits per heavy atom. The van der Waals surface area contributed by atoms with Crippen LogP contribution in [0.25, 0.3) is 0 Å². The molecule has 0 saturated heterocycles. The van der Waals surface area contributed by atoms with Gasteiger partial charge in [-0.2, -0.15) is 0 Å². The summed E-state index contributed by atoms with van der Waals surface area (Å²) >= 11 is 1.17. The lowest BCUT2D eigenvalue weighted by atomic mass is 10.2. The highest BCUT2D eigenvalue weighted by atomic mass is 32.2. The number of carbonyl (C=O) groups excluding carboxylic acids is 1. The Morgan fingerprint density at radius 3 is 2.32 bits per heavy atom. The average Bonchev–Trinajstić information content (AvgIpc) is 3.10. The molecule has 10 heteroatoms. The Labute approximate surface area is 146 Å². The zero-order valence-electron chi connectivity index (χ0n) is 12.5. The molecule has 0 unspecified atom stereocenters. The summed E-state index contributed by atoms with van der Waals surface area (Å²) in [7, 11) is -3.84. The van der Waals surface area contributed by atoms with Crippen LogP contribution in [0.15, 0.2) is 58.9 Å². The van der Waals surface area contributed by atoms with E-state index in [1.807, 2.05) is 0 Å². The maximum Gasteiger partial charge on any atom is 0.261 e. The van der Waals surface area contributed by atoms with E-state index in [4.69, 9.17) is 0 Å². The van der Waals surface area contributed by atoms with Gasteiger partial charge in [0.05, 0.1) is 4.90 Å². The number of benzene rings is 2. The standard InChI is InChI=1S/C15H11FN4O3S2/c16-11-3-5-12(6-4-11)20-25(22,23)13-7-1-10(2-8-13)14(21)18-15-19-17-9-24-15/h1-9,20H,(H,18,19,21). The van der Waals surface area contributed by atoms with Gasteiger partial charge in [0.25, 0.3) is 15.9 Å². The molecule has 7 nitrogen and oxygen atoms in total. The molecule has 0 radical (unpaired) electrons. The fourth-order valence-electron chi connectivity index (χ4n) is 1.91. The first kappa shape index (κ1) is 17.0. The molecule has 0 aliphatic heterocycles. The van der Waals surface area contributed by atoms with Crippen LogP contribution in [-0.2, 0) is 10.0 Å². The van der Waals surface area contributed by atoms with Gasteiger partial charge in [0.2, 0.25) is 5.13 Å². The number of nitrogens with one attached hydrogen (secondary N) is 2. The van der Waals surface area contributed by atoms with E-state index >= 15 is 0 Å². The molecule has 1 amide bonds. The lowest BCUT2D eigenvalue weighted by molar-refractivity contribution is 0.102. The predicted molar refractivity (Wildman–Crippen MR) is 91.5 cm³/mol. The number of nitrogens with zero attached hydrogens (tertiary/aromatic N) is 2. The number of amides is 1. The summed E-state index contributed by atoms with van der Waals surface area (Å²) in [6.07, 6.45) is 0. The van der Waals surface area contributed by atoms with Crippen LogP contribution in [0.4, 0.5) is 15.2 Å². The van der Waals surface area contributed by atoms with E-state index in [1.165, 1.54) is 53.2 Å². The van der Waals surface area contributed by atoms with Crippen LogP contribution in [0.3, 0.4) is 0 Å². The Bertz CT molecular complexity index is 973. The van der Waals surface area contributed by atoms with Crippen molar-refractivity contribution in [1.29, 1.82) is 0 Å². The van der Waals surface area contributed by atoms with Crippen LogP contribution in [0.2, 0.25) is 0 Å². The fraction of sp³-hybridized carbons (Fsp3) is 0. The highest BCUT2D eigenvalue weighted by Gasteiger charge is 2.15. The van der Waals surface area contributed by atoms with Gasteiger partial charge >= 0.3 is 0 Å². The molecule has 128 valence electrons. The maximum absolute atomic E-state index is 12.9. The summed E-state index contributed by atoms with van der Waals surface area (Å²) in [5.41, 5.74) is 1.99. The summed E-state index contributed by atoms with van der Waals surface area (Å²) in [6.45, 7) is 0. The van der Waals surface area contributed by atoms with Gasteiger partial charge in [0.15, 0.2) is 0 Å². The molecule has 0 bridgehead atoms. The summed E-state index contributed by atoms with van der Waals surface area (Å²) in [5.74, 6) is -0.888. The molecule has 2 aromatic carbocycles. The van der Waals surface area contributed by atoms with Crippen molar-refractivity contribution in [3.8, 4) is 0 Å². The van der Waals surface area contributed by atoms with Gasteiger partial charge in [-0.25, -0.2) is 12.8 Å². The van der Waals surface area contributed by atoms with Gasteiger partial charge in [-0.15, -0.1) is 10.2 Å². The zero-order valence-corrected chi connectivity index (χ0v) is 14.1. The molecule has 2 N–H and O–H groups in total. The van der Waals surface area contributed by atoms with Crippen LogP contribution in [0, 0.1) is 5.82 Å². The lowest BCUT2D eigenvalue weighted by Gasteiger charge is -2.08. The quantitative estimate of drug-likeness (QED) is 0.711. The van der Waals surface area contributed by atoms with Crippen LogP contribution >= 0.6 is 11.3 Å². The van der Waals surface area contributed by atoms with E-state index < -0.39 is 21.7 Å². The van der Waals surface area contributed by atoms with Crippen LogP contribution in [0.5, 0.6) is 0 Å². The Kier molecular flexibility index (Phi) is 4.72. The second-order valence-electron chi connectivity index (χ2n) is 4.83. The molecule has 1 aromatic heterocycles. The van der Waals surface area contributed by atoms with E-state index in [9.17, 15) is 17.6 Å². The largest absolute Gasteiger partial charge is 0.296 e. The number of hydrogen-bond acceptors (Lipinski definition) is 6. The Balaban J connectivity index is 1.74. The molecule has 0 aliphatic carbocycles. The monoisotopic (exact) mass is 378 g/mol. The number of aromatic nitrogens is 2. The van der Waals surface area contributed by atoms with E-state index in [0.717, 1.165) is 12.1 Å². The van der Waals surface area contributed by atoms with Crippen molar-refractivity contribution in [2.45, 2.75) is 4.90 Å².